The SMILES string of the molecule is CCc1nc2c(C(F)(F)F)cccc2n1-c1ccc(Oc2ccc(C#N)c(S(C)(=O)=O)c2)cc1. The number of rotatable bonds is 5. The highest BCUT2D eigenvalue weighted by atomic mass is 32.2. The molecule has 4 rings (SSSR count). The van der Waals surface area contributed by atoms with E-state index in [2.05, 4.69) is 4.98 Å². The molecule has 0 aliphatic carbocycles. The Bertz CT molecular complexity index is 1530. The van der Waals surface area contributed by atoms with Crippen molar-refractivity contribution in [3.63, 3.8) is 0 Å². The van der Waals surface area contributed by atoms with E-state index in [9.17, 15) is 21.6 Å². The molecule has 0 spiro atoms. The third-order valence-corrected chi connectivity index (χ3v) is 6.32. The molecule has 10 heteroatoms. The van der Waals surface area contributed by atoms with Crippen LogP contribution in [0.5, 0.6) is 11.5 Å². The number of benzene rings is 3. The largest absolute Gasteiger partial charge is 0.457 e. The van der Waals surface area contributed by atoms with Crippen LogP contribution in [0.4, 0.5) is 13.2 Å². The van der Waals surface area contributed by atoms with Crippen molar-refractivity contribution in [1.82, 2.24) is 9.55 Å². The second-order valence-corrected chi connectivity index (χ2v) is 9.51. The summed E-state index contributed by atoms with van der Waals surface area (Å²) in [5.74, 6) is 1.08. The van der Waals surface area contributed by atoms with Crippen LogP contribution >= 0.6 is 0 Å². The zero-order chi connectivity index (χ0) is 24.7. The highest BCUT2D eigenvalue weighted by Crippen LogP contribution is 2.36. The topological polar surface area (TPSA) is 85.0 Å². The Morgan fingerprint density at radius 1 is 1.06 bits per heavy atom. The van der Waals surface area contributed by atoms with E-state index in [1.54, 1.807) is 34.9 Å². The molecule has 6 nitrogen and oxygen atoms in total. The number of nitrogens with zero attached hydrogens (tertiary/aromatic N) is 3. The van der Waals surface area contributed by atoms with Gasteiger partial charge in [0.2, 0.25) is 0 Å². The summed E-state index contributed by atoms with van der Waals surface area (Å²) < 4.78 is 71.7. The monoisotopic (exact) mass is 485 g/mol. The Kier molecular flexibility index (Phi) is 5.83. The van der Waals surface area contributed by atoms with E-state index in [0.717, 1.165) is 12.3 Å². The van der Waals surface area contributed by atoms with Gasteiger partial charge in [-0.15, -0.1) is 0 Å². The van der Waals surface area contributed by atoms with Crippen LogP contribution in [0.25, 0.3) is 16.7 Å². The first-order valence-corrected chi connectivity index (χ1v) is 12.0. The van der Waals surface area contributed by atoms with Crippen LogP contribution in [0.3, 0.4) is 0 Å². The molecule has 0 atom stereocenters. The lowest BCUT2D eigenvalue weighted by molar-refractivity contribution is -0.136. The molecule has 0 radical (unpaired) electrons. The highest BCUT2D eigenvalue weighted by molar-refractivity contribution is 7.90. The molecule has 0 aliphatic rings. The van der Waals surface area contributed by atoms with E-state index < -0.39 is 21.6 Å². The van der Waals surface area contributed by atoms with Crippen LogP contribution in [0.1, 0.15) is 23.9 Å². The van der Waals surface area contributed by atoms with E-state index in [1.807, 2.05) is 13.0 Å². The Morgan fingerprint density at radius 2 is 1.74 bits per heavy atom. The minimum atomic E-state index is -4.52. The third kappa shape index (κ3) is 4.34. The molecule has 0 fully saturated rings. The van der Waals surface area contributed by atoms with Crippen molar-refractivity contribution in [1.29, 1.82) is 5.26 Å². The summed E-state index contributed by atoms with van der Waals surface area (Å²) in [6, 6.07) is 16.5. The number of aromatic nitrogens is 2. The zero-order valence-electron chi connectivity index (χ0n) is 18.1. The van der Waals surface area contributed by atoms with Crippen LogP contribution in [0.2, 0.25) is 0 Å². The van der Waals surface area contributed by atoms with E-state index in [-0.39, 0.29) is 21.7 Å². The first-order chi connectivity index (χ1) is 16.0. The van der Waals surface area contributed by atoms with E-state index in [0.29, 0.717) is 29.2 Å². The van der Waals surface area contributed by atoms with Gasteiger partial charge < -0.3 is 4.74 Å². The number of ether oxygens (including phenoxy) is 1. The standard InChI is InChI=1S/C24H18F3N3O3S/c1-3-22-29-23-19(24(25,26)27)5-4-6-20(23)30(22)16-8-11-17(12-9-16)33-18-10-7-15(14-28)21(13-18)34(2,31)32/h4-13H,3H2,1-2H3. The van der Waals surface area contributed by atoms with Gasteiger partial charge in [-0.1, -0.05) is 13.0 Å². The zero-order valence-corrected chi connectivity index (χ0v) is 18.9. The molecule has 174 valence electrons. The maximum Gasteiger partial charge on any atom is 0.418 e. The molecule has 1 heterocycles. The minimum absolute atomic E-state index is 0.0162. The van der Waals surface area contributed by atoms with Gasteiger partial charge in [0.25, 0.3) is 0 Å². The maximum absolute atomic E-state index is 13.5. The molecule has 0 bridgehead atoms. The molecule has 0 unspecified atom stereocenters. The fourth-order valence-corrected chi connectivity index (χ4v) is 4.51. The van der Waals surface area contributed by atoms with Crippen molar-refractivity contribution in [2.45, 2.75) is 24.4 Å². The van der Waals surface area contributed by atoms with Gasteiger partial charge in [0, 0.05) is 24.4 Å². The molecular weight excluding hydrogens is 467 g/mol. The van der Waals surface area contributed by atoms with Crippen molar-refractivity contribution >= 4 is 20.9 Å². The first kappa shape index (κ1) is 23.3. The lowest BCUT2D eigenvalue weighted by atomic mass is 10.1. The van der Waals surface area contributed by atoms with Crippen LogP contribution in [-0.2, 0) is 22.4 Å². The Balaban J connectivity index is 1.71. The second kappa shape index (κ2) is 8.50. The highest BCUT2D eigenvalue weighted by Gasteiger charge is 2.34. The molecule has 0 saturated carbocycles. The average molecular weight is 485 g/mol. The van der Waals surface area contributed by atoms with Crippen molar-refractivity contribution < 1.29 is 26.3 Å². The number of hydrogen-bond acceptors (Lipinski definition) is 5. The van der Waals surface area contributed by atoms with E-state index >= 15 is 0 Å². The second-order valence-electron chi connectivity index (χ2n) is 7.53. The number of nitriles is 1. The molecule has 0 amide bonds. The Labute approximate surface area is 193 Å². The number of alkyl halides is 3. The molecule has 0 aliphatic heterocycles. The normalized spacial score (nSPS) is 12.0. The Morgan fingerprint density at radius 3 is 2.32 bits per heavy atom. The van der Waals surface area contributed by atoms with Crippen molar-refractivity contribution in [3.8, 4) is 23.3 Å². The molecular formula is C24H18F3N3O3S. The lowest BCUT2D eigenvalue weighted by Crippen LogP contribution is -2.05. The van der Waals surface area contributed by atoms with E-state index in [1.165, 1.54) is 24.3 Å². The fraction of sp³-hybridized carbons (Fsp3) is 0.167. The van der Waals surface area contributed by atoms with Gasteiger partial charge >= 0.3 is 6.18 Å². The molecule has 1 aromatic heterocycles. The number of imidazole rings is 1. The quantitative estimate of drug-likeness (QED) is 0.363. The third-order valence-electron chi connectivity index (χ3n) is 5.18. The van der Waals surface area contributed by atoms with Crippen molar-refractivity contribution in [2.75, 3.05) is 6.26 Å². The summed E-state index contributed by atoms with van der Waals surface area (Å²) in [4.78, 5) is 4.10. The van der Waals surface area contributed by atoms with Gasteiger partial charge in [-0.25, -0.2) is 13.4 Å². The van der Waals surface area contributed by atoms with Crippen LogP contribution in [-0.4, -0.2) is 24.2 Å². The van der Waals surface area contributed by atoms with Gasteiger partial charge in [0.15, 0.2) is 9.84 Å². The summed E-state index contributed by atoms with van der Waals surface area (Å²) in [6.45, 7) is 1.81. The van der Waals surface area contributed by atoms with Crippen LogP contribution < -0.4 is 4.74 Å². The van der Waals surface area contributed by atoms with Gasteiger partial charge in [0.05, 0.1) is 21.5 Å². The minimum Gasteiger partial charge on any atom is -0.457 e. The summed E-state index contributed by atoms with van der Waals surface area (Å²) in [6.07, 6.45) is -3.09. The fourth-order valence-electron chi connectivity index (χ4n) is 3.67. The van der Waals surface area contributed by atoms with Crippen LogP contribution in [0, 0.1) is 11.3 Å². The summed E-state index contributed by atoms with van der Waals surface area (Å²) in [7, 11) is -3.63. The van der Waals surface area contributed by atoms with Gasteiger partial charge in [0.1, 0.15) is 28.9 Å². The first-order valence-electron chi connectivity index (χ1n) is 10.1. The molecule has 4 aromatic rings. The number of aryl methyl sites for hydroxylation is 1. The molecule has 34 heavy (non-hydrogen) atoms. The predicted molar refractivity (Wildman–Crippen MR) is 120 cm³/mol. The number of halogens is 3. The summed E-state index contributed by atoms with van der Waals surface area (Å²) >= 11 is 0. The van der Waals surface area contributed by atoms with Crippen LogP contribution in [0.15, 0.2) is 65.6 Å². The maximum atomic E-state index is 13.5. The average Bonchev–Trinajstić information content (AvgIpc) is 3.17. The molecule has 0 saturated heterocycles. The van der Waals surface area contributed by atoms with Gasteiger partial charge in [-0.2, -0.15) is 18.4 Å². The number of hydrogen-bond donors (Lipinski definition) is 0. The number of para-hydroxylation sites is 1. The predicted octanol–water partition coefficient (Wildman–Crippen LogP) is 5.67. The molecule has 0 N–H and O–H groups in total. The van der Waals surface area contributed by atoms with Crippen molar-refractivity contribution in [3.05, 3.63) is 77.6 Å². The Hall–Kier alpha value is -3.84. The number of fused-ring (bicyclic) bond motifs is 1. The van der Waals surface area contributed by atoms with Gasteiger partial charge in [-0.3, -0.25) is 4.57 Å². The summed E-state index contributed by atoms with van der Waals surface area (Å²) in [5, 5.41) is 9.14. The lowest BCUT2D eigenvalue weighted by Gasteiger charge is -2.12. The smallest absolute Gasteiger partial charge is 0.418 e. The van der Waals surface area contributed by atoms with E-state index in [4.69, 9.17) is 10.00 Å². The molecule has 3 aromatic carbocycles. The number of sulfone groups is 1. The van der Waals surface area contributed by atoms with Crippen molar-refractivity contribution in [2.24, 2.45) is 0 Å². The van der Waals surface area contributed by atoms with Gasteiger partial charge in [-0.05, 0) is 48.5 Å². The summed E-state index contributed by atoms with van der Waals surface area (Å²) in [5.41, 5.74) is 0.0503.